The van der Waals surface area contributed by atoms with Gasteiger partial charge in [-0.15, -0.1) is 0 Å². The number of carbonyl (C=O) groups is 1. The quantitative estimate of drug-likeness (QED) is 0.666. The Hall–Kier alpha value is -1.90. The van der Waals surface area contributed by atoms with E-state index < -0.39 is 10.0 Å². The average Bonchev–Trinajstić information content (AvgIpc) is 2.59. The molecule has 8 heteroatoms. The first-order valence-electron chi connectivity index (χ1n) is 7.60. The molecule has 0 saturated heterocycles. The van der Waals surface area contributed by atoms with Crippen molar-refractivity contribution in [2.75, 3.05) is 32.1 Å². The van der Waals surface area contributed by atoms with Gasteiger partial charge < -0.3 is 10.2 Å². The summed E-state index contributed by atoms with van der Waals surface area (Å²) in [5.74, 6) is -0.242. The van der Waals surface area contributed by atoms with Crippen LogP contribution >= 0.6 is 15.9 Å². The topological polar surface area (TPSA) is 78.5 Å². The zero-order valence-corrected chi connectivity index (χ0v) is 16.4. The van der Waals surface area contributed by atoms with Gasteiger partial charge in [-0.05, 0) is 48.5 Å². The highest BCUT2D eigenvalue weighted by Crippen LogP contribution is 2.14. The van der Waals surface area contributed by atoms with E-state index in [-0.39, 0.29) is 23.9 Å². The Kier molecular flexibility index (Phi) is 6.57. The highest BCUT2D eigenvalue weighted by Gasteiger charge is 2.13. The number of benzene rings is 2. The van der Waals surface area contributed by atoms with Crippen molar-refractivity contribution in [2.24, 2.45) is 0 Å². The highest BCUT2D eigenvalue weighted by molar-refractivity contribution is 9.10. The van der Waals surface area contributed by atoms with Crippen LogP contribution in [-0.4, -0.2) is 41.5 Å². The molecule has 0 aliphatic carbocycles. The molecule has 0 bridgehead atoms. The first-order valence-corrected chi connectivity index (χ1v) is 9.88. The van der Waals surface area contributed by atoms with Gasteiger partial charge in [-0.3, -0.25) is 4.79 Å². The van der Waals surface area contributed by atoms with Crippen LogP contribution in [0.5, 0.6) is 0 Å². The van der Waals surface area contributed by atoms with Gasteiger partial charge in [0, 0.05) is 42.9 Å². The standard InChI is InChI=1S/C17H20BrN3O3S/c1-21(2)15-7-3-13(4-8-15)17(22)19-11-12-20-25(23,24)16-9-5-14(18)6-10-16/h3-10,20H,11-12H2,1-2H3,(H,19,22). The lowest BCUT2D eigenvalue weighted by Crippen LogP contribution is -2.34. The van der Waals surface area contributed by atoms with E-state index in [4.69, 9.17) is 0 Å². The van der Waals surface area contributed by atoms with Crippen LogP contribution in [0.25, 0.3) is 0 Å². The summed E-state index contributed by atoms with van der Waals surface area (Å²) in [6.45, 7) is 0.309. The second-order valence-corrected chi connectivity index (χ2v) is 8.23. The summed E-state index contributed by atoms with van der Waals surface area (Å²) >= 11 is 3.26. The number of sulfonamides is 1. The minimum Gasteiger partial charge on any atom is -0.378 e. The highest BCUT2D eigenvalue weighted by atomic mass is 79.9. The summed E-state index contributed by atoms with van der Waals surface area (Å²) in [6, 6.07) is 13.5. The van der Waals surface area contributed by atoms with Crippen molar-refractivity contribution < 1.29 is 13.2 Å². The van der Waals surface area contributed by atoms with Crippen LogP contribution < -0.4 is 14.9 Å². The van der Waals surface area contributed by atoms with Crippen LogP contribution in [0.4, 0.5) is 5.69 Å². The van der Waals surface area contributed by atoms with Crippen molar-refractivity contribution in [2.45, 2.75) is 4.90 Å². The molecular formula is C17H20BrN3O3S. The molecule has 0 heterocycles. The van der Waals surface area contributed by atoms with E-state index in [0.29, 0.717) is 5.56 Å². The first kappa shape index (κ1) is 19.4. The third-order valence-electron chi connectivity index (χ3n) is 3.47. The van der Waals surface area contributed by atoms with E-state index in [9.17, 15) is 13.2 Å². The third kappa shape index (κ3) is 5.55. The molecule has 25 heavy (non-hydrogen) atoms. The molecular weight excluding hydrogens is 406 g/mol. The number of carbonyl (C=O) groups excluding carboxylic acids is 1. The molecule has 2 rings (SSSR count). The average molecular weight is 426 g/mol. The maximum atomic E-state index is 12.1. The molecule has 134 valence electrons. The van der Waals surface area contributed by atoms with E-state index in [1.54, 1.807) is 24.3 Å². The van der Waals surface area contributed by atoms with Gasteiger partial charge in [0.2, 0.25) is 10.0 Å². The SMILES string of the molecule is CN(C)c1ccc(C(=O)NCCNS(=O)(=O)c2ccc(Br)cc2)cc1. The number of nitrogens with one attached hydrogen (secondary N) is 2. The zero-order chi connectivity index (χ0) is 18.4. The van der Waals surface area contributed by atoms with Crippen LogP contribution in [0.1, 0.15) is 10.4 Å². The van der Waals surface area contributed by atoms with Gasteiger partial charge >= 0.3 is 0 Å². The van der Waals surface area contributed by atoms with E-state index in [2.05, 4.69) is 26.0 Å². The Morgan fingerprint density at radius 3 is 2.16 bits per heavy atom. The molecule has 0 saturated carbocycles. The van der Waals surface area contributed by atoms with Crippen LogP contribution in [-0.2, 0) is 10.0 Å². The molecule has 0 fully saturated rings. The van der Waals surface area contributed by atoms with E-state index in [1.165, 1.54) is 12.1 Å². The predicted octanol–water partition coefficient (Wildman–Crippen LogP) is 2.22. The minimum atomic E-state index is -3.58. The largest absolute Gasteiger partial charge is 0.378 e. The number of amides is 1. The number of anilines is 1. The lowest BCUT2D eigenvalue weighted by atomic mass is 10.2. The lowest BCUT2D eigenvalue weighted by molar-refractivity contribution is 0.0954. The number of halogens is 1. The summed E-state index contributed by atoms with van der Waals surface area (Å²) in [7, 11) is 0.264. The number of hydrogen-bond donors (Lipinski definition) is 2. The lowest BCUT2D eigenvalue weighted by Gasteiger charge is -2.12. The Bertz CT molecular complexity index is 819. The van der Waals surface area contributed by atoms with Crippen molar-refractivity contribution in [1.29, 1.82) is 0 Å². The maximum Gasteiger partial charge on any atom is 0.251 e. The molecule has 1 amide bonds. The summed E-state index contributed by atoms with van der Waals surface area (Å²) < 4.78 is 27.5. The first-order chi connectivity index (χ1) is 11.8. The molecule has 0 atom stereocenters. The Morgan fingerprint density at radius 1 is 1.00 bits per heavy atom. The predicted molar refractivity (Wildman–Crippen MR) is 102 cm³/mol. The van der Waals surface area contributed by atoms with Crippen molar-refractivity contribution in [3.8, 4) is 0 Å². The van der Waals surface area contributed by atoms with Gasteiger partial charge in [0.25, 0.3) is 5.91 Å². The van der Waals surface area contributed by atoms with Gasteiger partial charge in [-0.25, -0.2) is 13.1 Å². The summed E-state index contributed by atoms with van der Waals surface area (Å²) in [5, 5.41) is 2.69. The molecule has 0 aliphatic heterocycles. The Labute approximate surface area is 156 Å². The van der Waals surface area contributed by atoms with Crippen LogP contribution in [0.15, 0.2) is 57.9 Å². The monoisotopic (exact) mass is 425 g/mol. The van der Waals surface area contributed by atoms with E-state index >= 15 is 0 Å². The molecule has 0 radical (unpaired) electrons. The second kappa shape index (κ2) is 8.46. The van der Waals surface area contributed by atoms with E-state index in [0.717, 1.165) is 10.2 Å². The van der Waals surface area contributed by atoms with Gasteiger partial charge in [0.1, 0.15) is 0 Å². The minimum absolute atomic E-state index is 0.111. The number of hydrogen-bond acceptors (Lipinski definition) is 4. The number of rotatable bonds is 7. The second-order valence-electron chi connectivity index (χ2n) is 5.55. The number of nitrogens with zero attached hydrogens (tertiary/aromatic N) is 1. The van der Waals surface area contributed by atoms with Crippen LogP contribution in [0, 0.1) is 0 Å². The fourth-order valence-electron chi connectivity index (χ4n) is 2.07. The summed E-state index contributed by atoms with van der Waals surface area (Å²) in [4.78, 5) is 14.2. The van der Waals surface area contributed by atoms with Crippen molar-refractivity contribution >= 4 is 37.5 Å². The molecule has 0 unspecified atom stereocenters. The zero-order valence-electron chi connectivity index (χ0n) is 14.0. The summed E-state index contributed by atoms with van der Waals surface area (Å²) in [6.07, 6.45) is 0. The van der Waals surface area contributed by atoms with Crippen molar-refractivity contribution in [3.05, 3.63) is 58.6 Å². The molecule has 2 aromatic rings. The van der Waals surface area contributed by atoms with Crippen LogP contribution in [0.2, 0.25) is 0 Å². The van der Waals surface area contributed by atoms with Gasteiger partial charge in [0.05, 0.1) is 4.90 Å². The van der Waals surface area contributed by atoms with Gasteiger partial charge in [0.15, 0.2) is 0 Å². The fraction of sp³-hybridized carbons (Fsp3) is 0.235. The van der Waals surface area contributed by atoms with E-state index in [1.807, 2.05) is 31.1 Å². The van der Waals surface area contributed by atoms with Crippen LogP contribution in [0.3, 0.4) is 0 Å². The Morgan fingerprint density at radius 2 is 1.60 bits per heavy atom. The van der Waals surface area contributed by atoms with Crippen molar-refractivity contribution in [3.63, 3.8) is 0 Å². The van der Waals surface area contributed by atoms with Gasteiger partial charge in [-0.2, -0.15) is 0 Å². The molecule has 6 nitrogen and oxygen atoms in total. The molecule has 0 aromatic heterocycles. The molecule has 0 aliphatic rings. The molecule has 2 N–H and O–H groups in total. The van der Waals surface area contributed by atoms with Gasteiger partial charge in [-0.1, -0.05) is 15.9 Å². The maximum absolute atomic E-state index is 12.1. The smallest absolute Gasteiger partial charge is 0.251 e. The Balaban J connectivity index is 1.84. The fourth-order valence-corrected chi connectivity index (χ4v) is 3.37. The third-order valence-corrected chi connectivity index (χ3v) is 5.48. The summed E-state index contributed by atoms with van der Waals surface area (Å²) in [5.41, 5.74) is 1.53. The normalized spacial score (nSPS) is 11.2. The van der Waals surface area contributed by atoms with Crippen molar-refractivity contribution in [1.82, 2.24) is 10.0 Å². The molecule has 0 spiro atoms. The molecule has 2 aromatic carbocycles.